The molecule has 98 valence electrons. The van der Waals surface area contributed by atoms with E-state index in [0.29, 0.717) is 12.3 Å². The molecule has 0 aromatic heterocycles. The molecule has 1 amide bonds. The van der Waals surface area contributed by atoms with Crippen molar-refractivity contribution in [3.05, 3.63) is 0 Å². The summed E-state index contributed by atoms with van der Waals surface area (Å²) in [6.45, 7) is 3.12. The summed E-state index contributed by atoms with van der Waals surface area (Å²) in [5, 5.41) is 11.1. The minimum atomic E-state index is -0.997. The second-order valence-electron chi connectivity index (χ2n) is 4.58. The first kappa shape index (κ1) is 14.0. The van der Waals surface area contributed by atoms with Crippen molar-refractivity contribution < 1.29 is 19.4 Å². The Morgan fingerprint density at radius 3 is 2.65 bits per heavy atom. The second kappa shape index (κ2) is 7.27. The van der Waals surface area contributed by atoms with Crippen LogP contribution < -0.4 is 5.32 Å². The van der Waals surface area contributed by atoms with Gasteiger partial charge in [0, 0.05) is 19.6 Å². The molecular weight excluding hydrogens is 222 g/mol. The van der Waals surface area contributed by atoms with E-state index in [1.807, 2.05) is 0 Å². The van der Waals surface area contributed by atoms with Gasteiger partial charge in [-0.1, -0.05) is 0 Å². The standard InChI is InChI=1S/C12H21NO4/c1-9(12(15)16)13-11(14)4-2-3-10-5-7-17-8-6-10/h9-10H,2-8H2,1H3,(H,13,14)(H,15,16)/t9-/m0/s1. The molecule has 1 atom stereocenters. The molecule has 5 heteroatoms. The Labute approximate surface area is 102 Å². The van der Waals surface area contributed by atoms with Crippen molar-refractivity contribution in [3.63, 3.8) is 0 Å². The molecular formula is C12H21NO4. The maximum atomic E-state index is 11.4. The molecule has 1 saturated heterocycles. The van der Waals surface area contributed by atoms with E-state index in [-0.39, 0.29) is 5.91 Å². The summed E-state index contributed by atoms with van der Waals surface area (Å²) >= 11 is 0. The van der Waals surface area contributed by atoms with Crippen molar-refractivity contribution in [2.45, 2.75) is 45.1 Å². The molecule has 1 rings (SSSR count). The molecule has 5 nitrogen and oxygen atoms in total. The monoisotopic (exact) mass is 243 g/mol. The van der Waals surface area contributed by atoms with E-state index in [4.69, 9.17) is 9.84 Å². The largest absolute Gasteiger partial charge is 0.480 e. The summed E-state index contributed by atoms with van der Waals surface area (Å²) in [7, 11) is 0. The molecule has 0 bridgehead atoms. The van der Waals surface area contributed by atoms with Crippen LogP contribution in [-0.2, 0) is 14.3 Å². The predicted molar refractivity (Wildman–Crippen MR) is 62.6 cm³/mol. The minimum absolute atomic E-state index is 0.174. The number of amides is 1. The second-order valence-corrected chi connectivity index (χ2v) is 4.58. The number of carboxylic acids is 1. The lowest BCUT2D eigenvalue weighted by molar-refractivity contribution is -0.141. The zero-order valence-corrected chi connectivity index (χ0v) is 10.3. The van der Waals surface area contributed by atoms with Gasteiger partial charge in [-0.05, 0) is 38.5 Å². The molecule has 1 aliphatic heterocycles. The highest BCUT2D eigenvalue weighted by Crippen LogP contribution is 2.20. The Hall–Kier alpha value is -1.10. The number of nitrogens with one attached hydrogen (secondary N) is 1. The van der Waals surface area contributed by atoms with Crippen LogP contribution in [0.5, 0.6) is 0 Å². The number of ether oxygens (including phenoxy) is 1. The molecule has 0 spiro atoms. The van der Waals surface area contributed by atoms with E-state index in [1.165, 1.54) is 6.92 Å². The Kier molecular flexibility index (Phi) is 5.97. The number of carboxylic acid groups (broad SMARTS) is 1. The Morgan fingerprint density at radius 2 is 2.06 bits per heavy atom. The van der Waals surface area contributed by atoms with Gasteiger partial charge in [0.15, 0.2) is 0 Å². The first-order valence-electron chi connectivity index (χ1n) is 6.19. The van der Waals surface area contributed by atoms with Crippen LogP contribution in [0.2, 0.25) is 0 Å². The van der Waals surface area contributed by atoms with Crippen molar-refractivity contribution in [1.82, 2.24) is 5.32 Å². The van der Waals surface area contributed by atoms with Gasteiger partial charge in [-0.25, -0.2) is 0 Å². The van der Waals surface area contributed by atoms with Crippen LogP contribution in [-0.4, -0.2) is 36.2 Å². The fraction of sp³-hybridized carbons (Fsp3) is 0.833. The smallest absolute Gasteiger partial charge is 0.325 e. The number of carbonyl (C=O) groups is 2. The van der Waals surface area contributed by atoms with E-state index >= 15 is 0 Å². The van der Waals surface area contributed by atoms with Crippen LogP contribution in [0.1, 0.15) is 39.0 Å². The highest BCUT2D eigenvalue weighted by atomic mass is 16.5. The molecule has 0 aromatic carbocycles. The van der Waals surface area contributed by atoms with Crippen LogP contribution in [0, 0.1) is 5.92 Å². The number of aliphatic carboxylic acids is 1. The molecule has 2 N–H and O–H groups in total. The maximum absolute atomic E-state index is 11.4. The summed E-state index contributed by atoms with van der Waals surface area (Å²) in [5.74, 6) is -0.511. The van der Waals surface area contributed by atoms with Gasteiger partial charge in [0.25, 0.3) is 0 Å². The van der Waals surface area contributed by atoms with Crippen LogP contribution in [0.3, 0.4) is 0 Å². The SMILES string of the molecule is C[C@H](NC(=O)CCCC1CCOCC1)C(=O)O. The van der Waals surface area contributed by atoms with Gasteiger partial charge in [-0.2, -0.15) is 0 Å². The van der Waals surface area contributed by atoms with Gasteiger partial charge in [0.05, 0.1) is 0 Å². The van der Waals surface area contributed by atoms with Gasteiger partial charge >= 0.3 is 5.97 Å². The molecule has 0 radical (unpaired) electrons. The molecule has 1 aliphatic rings. The van der Waals surface area contributed by atoms with Crippen molar-refractivity contribution in [2.75, 3.05) is 13.2 Å². The Morgan fingerprint density at radius 1 is 1.41 bits per heavy atom. The van der Waals surface area contributed by atoms with Crippen molar-refractivity contribution in [1.29, 1.82) is 0 Å². The molecule has 0 aromatic rings. The average Bonchev–Trinajstić information content (AvgIpc) is 2.30. The van der Waals surface area contributed by atoms with E-state index in [0.717, 1.165) is 38.9 Å². The third-order valence-electron chi connectivity index (χ3n) is 3.11. The summed E-state index contributed by atoms with van der Waals surface area (Å²) < 4.78 is 5.26. The number of carbonyl (C=O) groups excluding carboxylic acids is 1. The average molecular weight is 243 g/mol. The van der Waals surface area contributed by atoms with E-state index in [2.05, 4.69) is 5.32 Å². The fourth-order valence-corrected chi connectivity index (χ4v) is 1.96. The highest BCUT2D eigenvalue weighted by Gasteiger charge is 2.16. The summed E-state index contributed by atoms with van der Waals surface area (Å²) in [6, 6.07) is -0.800. The molecule has 1 heterocycles. The third kappa shape index (κ3) is 5.68. The van der Waals surface area contributed by atoms with Gasteiger partial charge in [-0.15, -0.1) is 0 Å². The molecule has 1 fully saturated rings. The van der Waals surface area contributed by atoms with Gasteiger partial charge in [0.1, 0.15) is 6.04 Å². The van der Waals surface area contributed by atoms with Crippen LogP contribution >= 0.6 is 0 Å². The predicted octanol–water partition coefficient (Wildman–Crippen LogP) is 1.17. The lowest BCUT2D eigenvalue weighted by Crippen LogP contribution is -2.38. The lowest BCUT2D eigenvalue weighted by atomic mass is 9.94. The zero-order chi connectivity index (χ0) is 12.7. The fourth-order valence-electron chi connectivity index (χ4n) is 1.96. The van der Waals surface area contributed by atoms with Crippen LogP contribution in [0.25, 0.3) is 0 Å². The van der Waals surface area contributed by atoms with E-state index in [1.54, 1.807) is 0 Å². The van der Waals surface area contributed by atoms with Gasteiger partial charge < -0.3 is 15.2 Å². The minimum Gasteiger partial charge on any atom is -0.480 e. The van der Waals surface area contributed by atoms with Gasteiger partial charge in [-0.3, -0.25) is 9.59 Å². The van der Waals surface area contributed by atoms with E-state index < -0.39 is 12.0 Å². The van der Waals surface area contributed by atoms with Crippen LogP contribution in [0.4, 0.5) is 0 Å². The topological polar surface area (TPSA) is 75.6 Å². The summed E-state index contributed by atoms with van der Waals surface area (Å²) in [5.41, 5.74) is 0. The maximum Gasteiger partial charge on any atom is 0.325 e. The molecule has 0 saturated carbocycles. The normalized spacial score (nSPS) is 18.6. The van der Waals surface area contributed by atoms with Crippen molar-refractivity contribution >= 4 is 11.9 Å². The quantitative estimate of drug-likeness (QED) is 0.734. The molecule has 17 heavy (non-hydrogen) atoms. The lowest BCUT2D eigenvalue weighted by Gasteiger charge is -2.21. The summed E-state index contributed by atoms with van der Waals surface area (Å²) in [6.07, 6.45) is 4.41. The van der Waals surface area contributed by atoms with Crippen molar-refractivity contribution in [3.8, 4) is 0 Å². The third-order valence-corrected chi connectivity index (χ3v) is 3.11. The number of hydrogen-bond donors (Lipinski definition) is 2. The van der Waals surface area contributed by atoms with Gasteiger partial charge in [0.2, 0.25) is 5.91 Å². The number of hydrogen-bond acceptors (Lipinski definition) is 3. The van der Waals surface area contributed by atoms with Crippen molar-refractivity contribution in [2.24, 2.45) is 5.92 Å². The Bertz CT molecular complexity index is 261. The van der Waals surface area contributed by atoms with E-state index in [9.17, 15) is 9.59 Å². The Balaban J connectivity index is 2.09. The molecule has 0 unspecified atom stereocenters. The number of rotatable bonds is 6. The highest BCUT2D eigenvalue weighted by molar-refractivity contribution is 5.83. The van der Waals surface area contributed by atoms with Crippen LogP contribution in [0.15, 0.2) is 0 Å². The first-order chi connectivity index (χ1) is 8.09. The molecule has 0 aliphatic carbocycles. The summed E-state index contributed by atoms with van der Waals surface area (Å²) in [4.78, 5) is 21.9. The zero-order valence-electron chi connectivity index (χ0n) is 10.3. The first-order valence-corrected chi connectivity index (χ1v) is 6.19.